The Morgan fingerprint density at radius 1 is 1.20 bits per heavy atom. The molecule has 2 saturated carbocycles. The fourth-order valence-electron chi connectivity index (χ4n) is 3.93. The average molecular weight is 272 g/mol. The summed E-state index contributed by atoms with van der Waals surface area (Å²) in [6, 6.07) is 9.06. The van der Waals surface area contributed by atoms with Crippen molar-refractivity contribution in [1.82, 2.24) is 0 Å². The van der Waals surface area contributed by atoms with Gasteiger partial charge in [-0.3, -0.25) is 4.79 Å². The van der Waals surface area contributed by atoms with E-state index in [9.17, 15) is 4.79 Å². The number of rotatable bonds is 3. The van der Waals surface area contributed by atoms with Crippen molar-refractivity contribution in [3.05, 3.63) is 35.4 Å². The molecule has 1 atom stereocenters. The van der Waals surface area contributed by atoms with Gasteiger partial charge >= 0.3 is 5.97 Å². The molecular weight excluding hydrogens is 248 g/mol. The van der Waals surface area contributed by atoms with Crippen LogP contribution in [0.5, 0.6) is 0 Å². The predicted molar refractivity (Wildman–Crippen MR) is 79.9 cm³/mol. The fourth-order valence-corrected chi connectivity index (χ4v) is 3.93. The van der Waals surface area contributed by atoms with Crippen molar-refractivity contribution in [3.63, 3.8) is 0 Å². The lowest BCUT2D eigenvalue weighted by Crippen LogP contribution is -2.18. The number of carbonyl (C=O) groups is 1. The van der Waals surface area contributed by atoms with Crippen LogP contribution in [0.25, 0.3) is 0 Å². The molecule has 1 unspecified atom stereocenters. The lowest BCUT2D eigenvalue weighted by atomic mass is 9.75. The zero-order chi connectivity index (χ0) is 14.3. The lowest BCUT2D eigenvalue weighted by molar-refractivity contribution is -0.139. The van der Waals surface area contributed by atoms with E-state index in [1.165, 1.54) is 11.1 Å². The van der Waals surface area contributed by atoms with Gasteiger partial charge in [-0.1, -0.05) is 38.1 Å². The van der Waals surface area contributed by atoms with Crippen LogP contribution in [0.3, 0.4) is 0 Å². The number of hydrogen-bond donors (Lipinski definition) is 1. The highest BCUT2D eigenvalue weighted by atomic mass is 16.4. The zero-order valence-electron chi connectivity index (χ0n) is 12.4. The van der Waals surface area contributed by atoms with Crippen molar-refractivity contribution in [3.8, 4) is 0 Å². The van der Waals surface area contributed by atoms with Crippen LogP contribution in [-0.2, 0) is 4.79 Å². The van der Waals surface area contributed by atoms with Gasteiger partial charge in [0.2, 0.25) is 0 Å². The molecular formula is C18H24O2. The molecule has 1 aromatic rings. The summed E-state index contributed by atoms with van der Waals surface area (Å²) in [5, 5.41) is 9.14. The maximum absolute atomic E-state index is 11.1. The second kappa shape index (κ2) is 4.91. The molecule has 2 fully saturated rings. The Balaban J connectivity index is 1.62. The van der Waals surface area contributed by atoms with Crippen LogP contribution in [0.15, 0.2) is 24.3 Å². The highest BCUT2D eigenvalue weighted by Gasteiger charge is 2.58. The van der Waals surface area contributed by atoms with Crippen LogP contribution in [0.1, 0.15) is 68.9 Å². The van der Waals surface area contributed by atoms with Crippen LogP contribution in [0, 0.1) is 11.3 Å². The van der Waals surface area contributed by atoms with E-state index in [-0.39, 0.29) is 11.3 Å². The monoisotopic (exact) mass is 272 g/mol. The van der Waals surface area contributed by atoms with Crippen LogP contribution in [0.4, 0.5) is 0 Å². The Morgan fingerprint density at radius 3 is 2.25 bits per heavy atom. The third-order valence-corrected chi connectivity index (χ3v) is 5.54. The van der Waals surface area contributed by atoms with Crippen molar-refractivity contribution < 1.29 is 9.90 Å². The van der Waals surface area contributed by atoms with Crippen molar-refractivity contribution >= 4 is 5.97 Å². The predicted octanol–water partition coefficient (Wildman–Crippen LogP) is 4.56. The number of aliphatic carboxylic acids is 1. The number of hydrogen-bond acceptors (Lipinski definition) is 1. The molecule has 0 aromatic heterocycles. The normalized spacial score (nSPS) is 32.5. The second-order valence-corrected chi connectivity index (χ2v) is 7.05. The molecule has 0 heterocycles. The van der Waals surface area contributed by atoms with Gasteiger partial charge in [-0.05, 0) is 60.5 Å². The second-order valence-electron chi connectivity index (χ2n) is 7.05. The van der Waals surface area contributed by atoms with E-state index < -0.39 is 5.97 Å². The molecule has 1 N–H and O–H groups in total. The minimum Gasteiger partial charge on any atom is -0.481 e. The average Bonchev–Trinajstić information content (AvgIpc) is 3.14. The summed E-state index contributed by atoms with van der Waals surface area (Å²) in [5.41, 5.74) is 3.01. The van der Waals surface area contributed by atoms with Gasteiger partial charge in [-0.15, -0.1) is 0 Å². The first kappa shape index (κ1) is 13.7. The van der Waals surface area contributed by atoms with Crippen molar-refractivity contribution in [2.45, 2.75) is 57.8 Å². The summed E-state index contributed by atoms with van der Waals surface area (Å²) in [6.07, 6.45) is 5.43. The molecule has 0 aliphatic heterocycles. The first-order chi connectivity index (χ1) is 9.52. The molecule has 108 valence electrons. The molecule has 2 heteroatoms. The Bertz CT molecular complexity index is 493. The fraction of sp³-hybridized carbons (Fsp3) is 0.611. The highest BCUT2D eigenvalue weighted by molar-refractivity contribution is 5.74. The largest absolute Gasteiger partial charge is 0.481 e. The summed E-state index contributed by atoms with van der Waals surface area (Å²) in [7, 11) is 0. The van der Waals surface area contributed by atoms with E-state index in [4.69, 9.17) is 5.11 Å². The molecule has 2 aliphatic rings. The van der Waals surface area contributed by atoms with Gasteiger partial charge in [-0.2, -0.15) is 0 Å². The van der Waals surface area contributed by atoms with Gasteiger partial charge in [0.15, 0.2) is 0 Å². The van der Waals surface area contributed by atoms with E-state index in [0.717, 1.165) is 32.1 Å². The third kappa shape index (κ3) is 2.36. The maximum atomic E-state index is 11.1. The SMILES string of the molecule is CC(C)c1ccc(C2CCC3(CC2)CC3C(=O)O)cc1. The van der Waals surface area contributed by atoms with E-state index >= 15 is 0 Å². The number of carboxylic acids is 1. The summed E-state index contributed by atoms with van der Waals surface area (Å²) < 4.78 is 0. The minimum absolute atomic E-state index is 0.0493. The summed E-state index contributed by atoms with van der Waals surface area (Å²) >= 11 is 0. The zero-order valence-corrected chi connectivity index (χ0v) is 12.4. The van der Waals surface area contributed by atoms with Gasteiger partial charge in [0.25, 0.3) is 0 Å². The Morgan fingerprint density at radius 2 is 1.80 bits per heavy atom. The first-order valence-corrected chi connectivity index (χ1v) is 7.84. The quantitative estimate of drug-likeness (QED) is 0.876. The molecule has 3 rings (SSSR count). The molecule has 20 heavy (non-hydrogen) atoms. The summed E-state index contributed by atoms with van der Waals surface area (Å²) in [6.45, 7) is 4.44. The topological polar surface area (TPSA) is 37.3 Å². The van der Waals surface area contributed by atoms with Crippen LogP contribution in [-0.4, -0.2) is 11.1 Å². The minimum atomic E-state index is -0.579. The third-order valence-electron chi connectivity index (χ3n) is 5.54. The van der Waals surface area contributed by atoms with Gasteiger partial charge in [0.1, 0.15) is 0 Å². The molecule has 1 spiro atoms. The standard InChI is InChI=1S/C18H24O2/c1-12(2)13-3-5-14(6-4-13)15-7-9-18(10-8-15)11-16(18)17(19)20/h3-6,12,15-16H,7-11H2,1-2H3,(H,19,20). The first-order valence-electron chi connectivity index (χ1n) is 7.84. The molecule has 0 radical (unpaired) electrons. The molecule has 0 bridgehead atoms. The van der Waals surface area contributed by atoms with Crippen molar-refractivity contribution in [2.75, 3.05) is 0 Å². The van der Waals surface area contributed by atoms with E-state index in [1.807, 2.05) is 0 Å². The molecule has 1 aromatic carbocycles. The van der Waals surface area contributed by atoms with Crippen LogP contribution < -0.4 is 0 Å². The van der Waals surface area contributed by atoms with Gasteiger partial charge < -0.3 is 5.11 Å². The number of benzene rings is 1. The van der Waals surface area contributed by atoms with Gasteiger partial charge in [0, 0.05) is 0 Å². The van der Waals surface area contributed by atoms with Crippen LogP contribution >= 0.6 is 0 Å². The molecule has 0 saturated heterocycles. The maximum Gasteiger partial charge on any atom is 0.307 e. The van der Waals surface area contributed by atoms with Crippen LogP contribution in [0.2, 0.25) is 0 Å². The molecule has 0 amide bonds. The lowest BCUT2D eigenvalue weighted by Gasteiger charge is -2.29. The Kier molecular flexibility index (Phi) is 3.35. The smallest absolute Gasteiger partial charge is 0.307 e. The van der Waals surface area contributed by atoms with Crippen molar-refractivity contribution in [1.29, 1.82) is 0 Å². The Labute approximate surface area is 121 Å². The van der Waals surface area contributed by atoms with E-state index in [2.05, 4.69) is 38.1 Å². The summed E-state index contributed by atoms with van der Waals surface area (Å²) in [5.74, 6) is 0.592. The Hall–Kier alpha value is -1.31. The number of carboxylic acid groups (broad SMARTS) is 1. The molecule has 2 aliphatic carbocycles. The summed E-state index contributed by atoms with van der Waals surface area (Å²) in [4.78, 5) is 11.1. The van der Waals surface area contributed by atoms with Gasteiger partial charge in [0.05, 0.1) is 5.92 Å². The van der Waals surface area contributed by atoms with Crippen molar-refractivity contribution in [2.24, 2.45) is 11.3 Å². The van der Waals surface area contributed by atoms with E-state index in [0.29, 0.717) is 11.8 Å². The molecule has 2 nitrogen and oxygen atoms in total. The highest BCUT2D eigenvalue weighted by Crippen LogP contribution is 2.63. The van der Waals surface area contributed by atoms with Gasteiger partial charge in [-0.25, -0.2) is 0 Å². The van der Waals surface area contributed by atoms with E-state index in [1.54, 1.807) is 0 Å².